The van der Waals surface area contributed by atoms with Crippen molar-refractivity contribution in [3.63, 3.8) is 0 Å². The van der Waals surface area contributed by atoms with Crippen LogP contribution in [0.5, 0.6) is 0 Å². The zero-order chi connectivity index (χ0) is 51.7. The molecule has 0 aromatic carbocycles. The number of likely N-dealkylation sites (tertiary alicyclic amines) is 2. The first-order valence-electron chi connectivity index (χ1n) is 23.2. The number of hydrogen-bond donors (Lipinski definition) is 11. The van der Waals surface area contributed by atoms with E-state index in [1.807, 2.05) is 27.7 Å². The van der Waals surface area contributed by atoms with Crippen molar-refractivity contribution in [2.75, 3.05) is 26.2 Å². The molecule has 0 aliphatic carbocycles. The molecule has 2 fully saturated rings. The molecule has 25 nitrogen and oxygen atoms in total. The van der Waals surface area contributed by atoms with Gasteiger partial charge in [-0.05, 0) is 63.2 Å². The molecule has 0 radical (unpaired) electrons. The normalized spacial score (nSPS) is 18.3. The Morgan fingerprint density at radius 3 is 1.80 bits per heavy atom. The number of amides is 9. The molecule has 1 aromatic heterocycles. The fourth-order valence-electron chi connectivity index (χ4n) is 7.87. The Kier molecular flexibility index (Phi) is 22.0. The maximum atomic E-state index is 14.2. The van der Waals surface area contributed by atoms with Crippen molar-refractivity contribution in [3.8, 4) is 0 Å². The van der Waals surface area contributed by atoms with Gasteiger partial charge in [0.1, 0.15) is 42.3 Å². The molecule has 0 spiro atoms. The number of imidazole rings is 1. The molecule has 3 heterocycles. The summed E-state index contributed by atoms with van der Waals surface area (Å²) in [5.41, 5.74) is 6.58. The quantitative estimate of drug-likeness (QED) is 0.0448. The number of nitrogens with one attached hydrogen (secondary N) is 8. The predicted octanol–water partition coefficient (Wildman–Crippen LogP) is -2.75. The van der Waals surface area contributed by atoms with Gasteiger partial charge in [0, 0.05) is 31.4 Å². The Hall–Kier alpha value is -6.66. The third-order valence-electron chi connectivity index (χ3n) is 11.6. The average Bonchev–Trinajstić information content (AvgIpc) is 4.08. The first kappa shape index (κ1) is 56.7. The van der Waals surface area contributed by atoms with Crippen LogP contribution in [0.15, 0.2) is 12.5 Å². The molecule has 0 bridgehead atoms. The zero-order valence-corrected chi connectivity index (χ0v) is 40.3. The second-order valence-corrected chi connectivity index (χ2v) is 18.7. The highest BCUT2D eigenvalue weighted by Crippen LogP contribution is 2.26. The molecule has 0 unspecified atom stereocenters. The van der Waals surface area contributed by atoms with Crippen LogP contribution in [0.25, 0.3) is 0 Å². The van der Waals surface area contributed by atoms with Crippen LogP contribution in [0, 0.1) is 17.8 Å². The van der Waals surface area contributed by atoms with Crippen LogP contribution in [0.2, 0.25) is 0 Å². The fourth-order valence-corrected chi connectivity index (χ4v) is 7.87. The smallest absolute Gasteiger partial charge is 0.325 e. The largest absolute Gasteiger partial charge is 0.481 e. The van der Waals surface area contributed by atoms with Gasteiger partial charge in [-0.25, -0.2) is 4.98 Å². The molecule has 2 aliphatic rings. The summed E-state index contributed by atoms with van der Waals surface area (Å²) in [5, 5.41) is 35.6. The van der Waals surface area contributed by atoms with E-state index in [2.05, 4.69) is 47.2 Å². The minimum atomic E-state index is -1.65. The van der Waals surface area contributed by atoms with Crippen LogP contribution in [0.4, 0.5) is 0 Å². The number of H-pyrrole nitrogens is 1. The molecule has 2 aliphatic heterocycles. The van der Waals surface area contributed by atoms with E-state index >= 15 is 0 Å². The Balaban J connectivity index is 1.65. The number of aromatic nitrogens is 2. The number of carbonyl (C=O) groups is 11. The van der Waals surface area contributed by atoms with Gasteiger partial charge in [-0.15, -0.1) is 0 Å². The third kappa shape index (κ3) is 17.7. The lowest BCUT2D eigenvalue weighted by Crippen LogP contribution is -2.58. The molecule has 384 valence electrons. The van der Waals surface area contributed by atoms with E-state index in [0.29, 0.717) is 18.5 Å². The summed E-state index contributed by atoms with van der Waals surface area (Å²) in [7, 11) is 0. The molecule has 1 aromatic rings. The summed E-state index contributed by atoms with van der Waals surface area (Å²) in [6.07, 6.45) is 3.79. The first-order chi connectivity index (χ1) is 32.4. The van der Waals surface area contributed by atoms with E-state index in [4.69, 9.17) is 10.8 Å². The van der Waals surface area contributed by atoms with Crippen molar-refractivity contribution < 1.29 is 63.0 Å². The van der Waals surface area contributed by atoms with E-state index < -0.39 is 133 Å². The lowest BCUT2D eigenvalue weighted by atomic mass is 10.0. The maximum Gasteiger partial charge on any atom is 0.325 e. The SMILES string of the molecule is CC(C)C[C@H](NC(=O)[C@H](Cc1cnc[nH]1)NC(=O)[C@@H](N)C(C)C)C(=O)NCC(=O)N[C@@H](CC(C)C)C(=O)N1CCC[C@H]1C(=O)N1CCC[C@H]1C(=O)NCC(=O)N[C@@H](CC(=O)O)C(=O)N[C@@H](C)C(=O)O. The maximum absolute atomic E-state index is 14.2. The third-order valence-corrected chi connectivity index (χ3v) is 11.6. The van der Waals surface area contributed by atoms with E-state index in [1.54, 1.807) is 13.8 Å². The lowest BCUT2D eigenvalue weighted by molar-refractivity contribution is -0.148. The van der Waals surface area contributed by atoms with Crippen molar-refractivity contribution in [2.45, 2.75) is 148 Å². The second kappa shape index (κ2) is 26.8. The van der Waals surface area contributed by atoms with E-state index in [0.717, 1.165) is 6.92 Å². The van der Waals surface area contributed by atoms with Gasteiger partial charge in [-0.3, -0.25) is 52.7 Å². The topological polar surface area (TPSA) is 374 Å². The first-order valence-corrected chi connectivity index (χ1v) is 23.2. The van der Waals surface area contributed by atoms with Gasteiger partial charge < -0.3 is 67.9 Å². The summed E-state index contributed by atoms with van der Waals surface area (Å²) in [6, 6.07) is -9.28. The van der Waals surface area contributed by atoms with Gasteiger partial charge in [0.15, 0.2) is 0 Å². The van der Waals surface area contributed by atoms with Crippen molar-refractivity contribution >= 4 is 65.1 Å². The number of aliphatic carboxylic acids is 2. The minimum absolute atomic E-state index is 0.0202. The summed E-state index contributed by atoms with van der Waals surface area (Å²) in [6.45, 7) is 11.1. The highest BCUT2D eigenvalue weighted by molar-refractivity contribution is 5.98. The van der Waals surface area contributed by atoms with Crippen molar-refractivity contribution in [1.82, 2.24) is 57.0 Å². The number of carboxylic acid groups (broad SMARTS) is 2. The number of carboxylic acids is 2. The predicted molar refractivity (Wildman–Crippen MR) is 245 cm³/mol. The van der Waals surface area contributed by atoms with Crippen molar-refractivity contribution in [1.29, 1.82) is 0 Å². The fraction of sp³-hybridized carbons (Fsp3) is 0.682. The Morgan fingerprint density at radius 1 is 0.681 bits per heavy atom. The lowest BCUT2D eigenvalue weighted by Gasteiger charge is -2.33. The summed E-state index contributed by atoms with van der Waals surface area (Å²) >= 11 is 0. The molecule has 25 heteroatoms. The zero-order valence-electron chi connectivity index (χ0n) is 40.3. The number of hydrogen-bond acceptors (Lipinski definition) is 13. The summed E-state index contributed by atoms with van der Waals surface area (Å²) in [5.74, 6) is -9.64. The molecule has 69 heavy (non-hydrogen) atoms. The van der Waals surface area contributed by atoms with Crippen LogP contribution >= 0.6 is 0 Å². The summed E-state index contributed by atoms with van der Waals surface area (Å²) < 4.78 is 0. The number of aromatic amines is 1. The van der Waals surface area contributed by atoms with Gasteiger partial charge in [0.05, 0.1) is 31.9 Å². The minimum Gasteiger partial charge on any atom is -0.481 e. The molecular weight excluding hydrogens is 905 g/mol. The number of nitrogens with two attached hydrogens (primary N) is 1. The monoisotopic (exact) mass is 975 g/mol. The van der Waals surface area contributed by atoms with E-state index in [1.165, 1.54) is 22.3 Å². The highest BCUT2D eigenvalue weighted by atomic mass is 16.4. The van der Waals surface area contributed by atoms with Gasteiger partial charge >= 0.3 is 11.9 Å². The molecule has 8 atom stereocenters. The van der Waals surface area contributed by atoms with Crippen molar-refractivity contribution in [2.24, 2.45) is 23.5 Å². The van der Waals surface area contributed by atoms with Gasteiger partial charge in [0.2, 0.25) is 53.2 Å². The van der Waals surface area contributed by atoms with Crippen LogP contribution in [-0.2, 0) is 59.2 Å². The number of carbonyl (C=O) groups excluding carboxylic acids is 9. The molecule has 9 amide bonds. The Labute approximate surface area is 400 Å². The Morgan fingerprint density at radius 2 is 1.23 bits per heavy atom. The second-order valence-electron chi connectivity index (χ2n) is 18.7. The molecule has 3 rings (SSSR count). The molecular formula is C44H70N12O13. The van der Waals surface area contributed by atoms with Crippen LogP contribution in [-0.4, -0.2) is 170 Å². The van der Waals surface area contributed by atoms with E-state index in [9.17, 15) is 57.8 Å². The average molecular weight is 975 g/mol. The van der Waals surface area contributed by atoms with Crippen LogP contribution in [0.1, 0.15) is 99.1 Å². The number of rotatable bonds is 26. The summed E-state index contributed by atoms with van der Waals surface area (Å²) in [4.78, 5) is 153. The Bertz CT molecular complexity index is 2010. The molecule has 0 saturated carbocycles. The van der Waals surface area contributed by atoms with E-state index in [-0.39, 0.29) is 62.9 Å². The van der Waals surface area contributed by atoms with Gasteiger partial charge in [-0.2, -0.15) is 0 Å². The van der Waals surface area contributed by atoms with Gasteiger partial charge in [0.25, 0.3) is 0 Å². The van der Waals surface area contributed by atoms with Crippen LogP contribution in [0.3, 0.4) is 0 Å². The highest BCUT2D eigenvalue weighted by Gasteiger charge is 2.44. The van der Waals surface area contributed by atoms with Crippen molar-refractivity contribution in [3.05, 3.63) is 18.2 Å². The van der Waals surface area contributed by atoms with Gasteiger partial charge in [-0.1, -0.05) is 41.5 Å². The van der Waals surface area contributed by atoms with Crippen LogP contribution < -0.4 is 43.0 Å². The molecule has 12 N–H and O–H groups in total. The standard InChI is InChI=1S/C44H70N12O13/c1-22(2)14-27(53-39(63)28(16-26-18-46-21-49-26)54-41(65)36(45)24(5)6)37(61)47-19-34(58)52-30(15-23(3)4)42(66)56-13-9-11-32(56)43(67)55-12-8-10-31(55)40(64)48-20-33(57)51-29(17-35(59)60)38(62)50-25(7)44(68)69/h18,21-25,27-32,36H,8-17,19-20,45H2,1-7H3,(H,46,49)(H,47,61)(H,48,64)(H,50,62)(H,51,57)(H,52,58)(H,53,63)(H,54,65)(H,59,60)(H,68,69)/t25-,27-,28-,29-,30-,31-,32-,36-/m0/s1. The molecule has 2 saturated heterocycles. The number of nitrogens with zero attached hydrogens (tertiary/aromatic N) is 3.